The number of Topliss-reactive ketones (excluding diaryl/α,β-unsaturated/α-hetero) is 1. The van der Waals surface area contributed by atoms with Gasteiger partial charge in [0.25, 0.3) is 0 Å². The molecule has 36 heavy (non-hydrogen) atoms. The van der Waals surface area contributed by atoms with E-state index < -0.39 is 41.5 Å². The first-order chi connectivity index (χ1) is 17.1. The summed E-state index contributed by atoms with van der Waals surface area (Å²) in [5.74, 6) is -5.00. The van der Waals surface area contributed by atoms with Gasteiger partial charge < -0.3 is 14.9 Å². The summed E-state index contributed by atoms with van der Waals surface area (Å²) in [4.78, 5) is 65.0. The molecule has 0 radical (unpaired) electrons. The van der Waals surface area contributed by atoms with Crippen LogP contribution in [-0.2, 0) is 24.0 Å². The van der Waals surface area contributed by atoms with E-state index in [9.17, 15) is 29.1 Å². The quantitative estimate of drug-likeness (QED) is 0.364. The van der Waals surface area contributed by atoms with E-state index in [-0.39, 0.29) is 54.3 Å². The lowest BCUT2D eigenvalue weighted by atomic mass is 9.59. The van der Waals surface area contributed by atoms with Crippen LogP contribution in [0.25, 0.3) is 0 Å². The molecule has 3 aliphatic carbocycles. The number of hydrogen-bond acceptors (Lipinski definition) is 7. The van der Waals surface area contributed by atoms with Crippen molar-refractivity contribution in [2.75, 3.05) is 13.7 Å². The molecule has 1 aliphatic heterocycles. The Hall–Kier alpha value is -4.01. The zero-order valence-electron chi connectivity index (χ0n) is 19.8. The standard InChI is InChI=1S/C27H25NO8/c1-12-9-20(30)18-11-16-14(4-5-15-23(16)27(35)28(26(15)34)8-7-21(31)32)22(24(18)25(12)33)17-10-13(36-2)3-6-19(17)29/h3-4,6,9-10,15-16,22-23,29H,5,7-8,11H2,1-2H3,(H,31,32)/t15-,16+,22+,23-/m0/s1. The zero-order valence-corrected chi connectivity index (χ0v) is 19.8. The van der Waals surface area contributed by atoms with E-state index in [2.05, 4.69) is 0 Å². The summed E-state index contributed by atoms with van der Waals surface area (Å²) in [5.41, 5.74) is 1.95. The molecule has 1 fully saturated rings. The molecule has 2 amide bonds. The zero-order chi connectivity index (χ0) is 25.9. The van der Waals surface area contributed by atoms with Gasteiger partial charge in [-0.25, -0.2) is 0 Å². The SMILES string of the molecule is COc1ccc(O)c([C@H]2C3=CC[C@@H]4C(=O)N(CCC(=O)O)C(=O)[C@@H]4[C@@H]3CC3=C2C(=O)C(C)=CC3=O)c1. The third-order valence-electron chi connectivity index (χ3n) is 7.75. The third kappa shape index (κ3) is 3.49. The molecule has 1 aromatic carbocycles. The van der Waals surface area contributed by atoms with E-state index in [1.807, 2.05) is 6.08 Å². The Bertz CT molecular complexity index is 1330. The van der Waals surface area contributed by atoms with Crippen molar-refractivity contribution in [3.8, 4) is 11.5 Å². The van der Waals surface area contributed by atoms with Gasteiger partial charge in [0, 0.05) is 34.7 Å². The van der Waals surface area contributed by atoms with Crippen molar-refractivity contribution in [3.05, 3.63) is 58.2 Å². The minimum absolute atomic E-state index is 0.0827. The number of aliphatic carboxylic acids is 1. The van der Waals surface area contributed by atoms with Crippen molar-refractivity contribution in [1.82, 2.24) is 4.90 Å². The summed E-state index contributed by atoms with van der Waals surface area (Å²) >= 11 is 0. The van der Waals surface area contributed by atoms with Gasteiger partial charge in [-0.2, -0.15) is 0 Å². The largest absolute Gasteiger partial charge is 0.508 e. The predicted octanol–water partition coefficient (Wildman–Crippen LogP) is 2.31. The fourth-order valence-corrected chi connectivity index (χ4v) is 6.10. The van der Waals surface area contributed by atoms with E-state index in [0.29, 0.717) is 22.5 Å². The van der Waals surface area contributed by atoms with Crippen LogP contribution >= 0.6 is 0 Å². The van der Waals surface area contributed by atoms with Crippen LogP contribution in [0.3, 0.4) is 0 Å². The molecular weight excluding hydrogens is 466 g/mol. The Morgan fingerprint density at radius 1 is 1.14 bits per heavy atom. The van der Waals surface area contributed by atoms with E-state index in [1.165, 1.54) is 19.3 Å². The van der Waals surface area contributed by atoms with Gasteiger partial charge >= 0.3 is 5.97 Å². The number of phenols is 1. The molecule has 0 saturated carbocycles. The first-order valence-electron chi connectivity index (χ1n) is 11.8. The normalized spacial score (nSPS) is 27.3. The molecule has 4 atom stereocenters. The predicted molar refractivity (Wildman–Crippen MR) is 125 cm³/mol. The number of carbonyl (C=O) groups is 5. The van der Waals surface area contributed by atoms with Crippen LogP contribution in [0, 0.1) is 17.8 Å². The third-order valence-corrected chi connectivity index (χ3v) is 7.75. The second kappa shape index (κ2) is 8.58. The molecule has 9 nitrogen and oxygen atoms in total. The fourth-order valence-electron chi connectivity index (χ4n) is 6.10. The number of ketones is 2. The number of imide groups is 1. The first kappa shape index (κ1) is 23.7. The Labute approximate surface area is 206 Å². The topological polar surface area (TPSA) is 138 Å². The molecule has 1 heterocycles. The molecule has 0 unspecified atom stereocenters. The average molecular weight is 491 g/mol. The second-order valence-corrected chi connectivity index (χ2v) is 9.63. The summed E-state index contributed by atoms with van der Waals surface area (Å²) in [6.07, 6.45) is 3.14. The van der Waals surface area contributed by atoms with Crippen molar-refractivity contribution in [3.63, 3.8) is 0 Å². The summed E-state index contributed by atoms with van der Waals surface area (Å²) in [6, 6.07) is 4.66. The van der Waals surface area contributed by atoms with Gasteiger partial charge in [0.15, 0.2) is 11.6 Å². The number of carboxylic acid groups (broad SMARTS) is 1. The smallest absolute Gasteiger partial charge is 0.305 e. The molecule has 1 saturated heterocycles. The molecule has 1 aromatic rings. The van der Waals surface area contributed by atoms with Gasteiger partial charge in [-0.3, -0.25) is 28.9 Å². The number of phenolic OH excluding ortho intramolecular Hbond substituents is 1. The van der Waals surface area contributed by atoms with Crippen LogP contribution in [0.1, 0.15) is 37.7 Å². The van der Waals surface area contributed by atoms with Crippen molar-refractivity contribution in [1.29, 1.82) is 0 Å². The summed E-state index contributed by atoms with van der Waals surface area (Å²) in [6.45, 7) is 1.36. The van der Waals surface area contributed by atoms with Crippen LogP contribution in [0.4, 0.5) is 0 Å². The average Bonchev–Trinajstić information content (AvgIpc) is 3.09. The van der Waals surface area contributed by atoms with Crippen LogP contribution in [0.2, 0.25) is 0 Å². The minimum atomic E-state index is -1.11. The lowest BCUT2D eigenvalue weighted by Crippen LogP contribution is -2.40. The van der Waals surface area contributed by atoms with E-state index in [4.69, 9.17) is 9.84 Å². The molecule has 5 rings (SSSR count). The number of hydrogen-bond donors (Lipinski definition) is 2. The Kier molecular flexibility index (Phi) is 5.65. The molecule has 9 heteroatoms. The van der Waals surface area contributed by atoms with E-state index in [0.717, 1.165) is 4.90 Å². The van der Waals surface area contributed by atoms with Gasteiger partial charge in [-0.05, 0) is 50.0 Å². The second-order valence-electron chi connectivity index (χ2n) is 9.63. The number of methoxy groups -OCH3 is 1. The van der Waals surface area contributed by atoms with Gasteiger partial charge in [0.1, 0.15) is 11.5 Å². The van der Waals surface area contributed by atoms with Crippen molar-refractivity contribution >= 4 is 29.4 Å². The highest BCUT2D eigenvalue weighted by molar-refractivity contribution is 6.24. The number of rotatable bonds is 5. The first-order valence-corrected chi connectivity index (χ1v) is 11.8. The molecule has 4 aliphatic rings. The number of allylic oxidation sites excluding steroid dienone is 6. The number of carbonyl (C=O) groups excluding carboxylic acids is 4. The number of carboxylic acids is 1. The van der Waals surface area contributed by atoms with E-state index >= 15 is 0 Å². The van der Waals surface area contributed by atoms with Gasteiger partial charge in [-0.1, -0.05) is 11.6 Å². The number of ether oxygens (including phenoxy) is 1. The van der Waals surface area contributed by atoms with Crippen LogP contribution in [-0.4, -0.2) is 58.1 Å². The maximum atomic E-state index is 13.4. The van der Waals surface area contributed by atoms with Crippen molar-refractivity contribution < 1.29 is 38.9 Å². The number of nitrogens with zero attached hydrogens (tertiary/aromatic N) is 1. The van der Waals surface area contributed by atoms with Crippen LogP contribution in [0.15, 0.2) is 52.6 Å². The lowest BCUT2D eigenvalue weighted by Gasteiger charge is -2.42. The van der Waals surface area contributed by atoms with Crippen molar-refractivity contribution in [2.45, 2.75) is 32.1 Å². The molecule has 0 spiro atoms. The lowest BCUT2D eigenvalue weighted by molar-refractivity contribution is -0.142. The van der Waals surface area contributed by atoms with Gasteiger partial charge in [0.05, 0.1) is 25.4 Å². The van der Waals surface area contributed by atoms with Gasteiger partial charge in [-0.15, -0.1) is 0 Å². The number of aromatic hydroxyl groups is 1. The van der Waals surface area contributed by atoms with E-state index in [1.54, 1.807) is 19.1 Å². The molecule has 0 bridgehead atoms. The van der Waals surface area contributed by atoms with Crippen LogP contribution in [0.5, 0.6) is 11.5 Å². The maximum Gasteiger partial charge on any atom is 0.305 e. The summed E-state index contributed by atoms with van der Waals surface area (Å²) in [5, 5.41) is 19.9. The Morgan fingerprint density at radius 3 is 2.58 bits per heavy atom. The maximum absolute atomic E-state index is 13.4. The Balaban J connectivity index is 1.65. The molecule has 2 N–H and O–H groups in total. The summed E-state index contributed by atoms with van der Waals surface area (Å²) < 4.78 is 5.34. The molecular formula is C27H25NO8. The highest BCUT2D eigenvalue weighted by Gasteiger charge is 2.56. The molecule has 0 aromatic heterocycles. The fraction of sp³-hybridized carbons (Fsp3) is 0.370. The number of fused-ring (bicyclic) bond motifs is 3. The highest BCUT2D eigenvalue weighted by atomic mass is 16.5. The molecule has 186 valence electrons. The number of benzene rings is 1. The number of likely N-dealkylation sites (tertiary alicyclic amines) is 1. The number of amides is 2. The van der Waals surface area contributed by atoms with Gasteiger partial charge in [0.2, 0.25) is 11.8 Å². The minimum Gasteiger partial charge on any atom is -0.508 e. The van der Waals surface area contributed by atoms with Crippen molar-refractivity contribution in [2.24, 2.45) is 17.8 Å². The summed E-state index contributed by atoms with van der Waals surface area (Å²) in [7, 11) is 1.48. The highest BCUT2D eigenvalue weighted by Crippen LogP contribution is 2.56. The monoisotopic (exact) mass is 491 g/mol. The van der Waals surface area contributed by atoms with Crippen LogP contribution < -0.4 is 4.74 Å². The Morgan fingerprint density at radius 2 is 1.89 bits per heavy atom.